The Morgan fingerprint density at radius 3 is 2.53 bits per heavy atom. The lowest BCUT2D eigenvalue weighted by Gasteiger charge is -2.33. The van der Waals surface area contributed by atoms with E-state index >= 15 is 0 Å². The summed E-state index contributed by atoms with van der Waals surface area (Å²) in [5.74, 6) is 0.705. The molecule has 8 heteroatoms. The summed E-state index contributed by atoms with van der Waals surface area (Å²) in [7, 11) is -2.14. The van der Waals surface area contributed by atoms with Gasteiger partial charge in [0.25, 0.3) is 10.0 Å². The normalized spacial score (nSPS) is 15.5. The summed E-state index contributed by atoms with van der Waals surface area (Å²) in [4.78, 5) is 4.77. The topological polar surface area (TPSA) is 54.8 Å². The fourth-order valence-corrected chi connectivity index (χ4v) is 6.16. The van der Waals surface area contributed by atoms with Crippen LogP contribution in [0.3, 0.4) is 0 Å². The van der Waals surface area contributed by atoms with Gasteiger partial charge in [-0.15, -0.1) is 0 Å². The van der Waals surface area contributed by atoms with Crippen molar-refractivity contribution >= 4 is 36.9 Å². The molecule has 0 atom stereocenters. The molecular weight excluding hydrogens is 466 g/mol. The van der Waals surface area contributed by atoms with Gasteiger partial charge in [-0.1, -0.05) is 18.7 Å². The maximum Gasteiger partial charge on any atom is 0.269 e. The average molecular weight is 490 g/mol. The van der Waals surface area contributed by atoms with Crippen LogP contribution < -0.4 is 4.74 Å². The third-order valence-corrected chi connectivity index (χ3v) is 8.18. The van der Waals surface area contributed by atoms with Crippen molar-refractivity contribution < 1.29 is 13.2 Å². The van der Waals surface area contributed by atoms with Crippen molar-refractivity contribution in [2.45, 2.75) is 11.4 Å². The average Bonchev–Trinajstić information content (AvgIpc) is 3.13. The predicted molar refractivity (Wildman–Crippen MR) is 122 cm³/mol. The van der Waals surface area contributed by atoms with E-state index in [0.717, 1.165) is 37.1 Å². The van der Waals surface area contributed by atoms with Crippen LogP contribution in [0.25, 0.3) is 10.9 Å². The minimum absolute atomic E-state index is 0.240. The molecule has 0 spiro atoms. The molecule has 1 fully saturated rings. The van der Waals surface area contributed by atoms with Crippen LogP contribution >= 0.6 is 15.9 Å². The van der Waals surface area contributed by atoms with Crippen molar-refractivity contribution in [2.75, 3.05) is 33.3 Å². The van der Waals surface area contributed by atoms with Gasteiger partial charge >= 0.3 is 0 Å². The van der Waals surface area contributed by atoms with E-state index in [0.29, 0.717) is 22.3 Å². The second-order valence-electron chi connectivity index (χ2n) is 7.26. The van der Waals surface area contributed by atoms with Gasteiger partial charge in [0.15, 0.2) is 0 Å². The number of hydrogen-bond donors (Lipinski definition) is 0. The molecule has 0 unspecified atom stereocenters. The number of aromatic nitrogens is 1. The van der Waals surface area contributed by atoms with Crippen LogP contribution in [0.4, 0.5) is 0 Å². The lowest BCUT2D eigenvalue weighted by Crippen LogP contribution is -2.43. The van der Waals surface area contributed by atoms with E-state index in [4.69, 9.17) is 4.74 Å². The van der Waals surface area contributed by atoms with Gasteiger partial charge in [0.1, 0.15) is 10.6 Å². The molecule has 3 aromatic rings. The molecule has 0 aliphatic carbocycles. The van der Waals surface area contributed by atoms with Gasteiger partial charge in [0.05, 0.1) is 12.6 Å². The zero-order valence-electron chi connectivity index (χ0n) is 16.8. The van der Waals surface area contributed by atoms with Crippen molar-refractivity contribution in [2.24, 2.45) is 0 Å². The van der Waals surface area contributed by atoms with E-state index in [9.17, 15) is 8.42 Å². The van der Waals surface area contributed by atoms with Crippen LogP contribution in [-0.2, 0) is 16.6 Å². The molecular formula is C22H24BrN3O3S. The molecule has 0 bridgehead atoms. The summed E-state index contributed by atoms with van der Waals surface area (Å²) in [6.07, 6.45) is 3.62. The number of ether oxygens (including phenoxy) is 1. The molecule has 30 heavy (non-hydrogen) atoms. The van der Waals surface area contributed by atoms with E-state index in [1.54, 1.807) is 43.6 Å². The van der Waals surface area contributed by atoms with Crippen LogP contribution in [0, 0.1) is 0 Å². The number of halogens is 1. The second kappa shape index (κ2) is 8.45. The number of rotatable bonds is 6. The number of methoxy groups -OCH3 is 1. The first-order valence-electron chi connectivity index (χ1n) is 9.71. The van der Waals surface area contributed by atoms with Gasteiger partial charge in [0.2, 0.25) is 0 Å². The molecule has 1 aromatic heterocycles. The maximum absolute atomic E-state index is 13.5. The fourth-order valence-electron chi connectivity index (χ4n) is 3.80. The third-order valence-electron chi connectivity index (χ3n) is 5.49. The Hall–Kier alpha value is -2.29. The Morgan fingerprint density at radius 2 is 1.87 bits per heavy atom. The maximum atomic E-state index is 13.5. The Kier molecular flexibility index (Phi) is 5.90. The van der Waals surface area contributed by atoms with Gasteiger partial charge in [-0.05, 0) is 58.0 Å². The van der Waals surface area contributed by atoms with E-state index in [2.05, 4.69) is 32.3 Å². The van der Waals surface area contributed by atoms with Crippen molar-refractivity contribution in [3.8, 4) is 5.75 Å². The summed E-state index contributed by atoms with van der Waals surface area (Å²) in [5, 5.41) is 0.885. The zero-order valence-corrected chi connectivity index (χ0v) is 19.2. The first-order chi connectivity index (χ1) is 14.4. The summed E-state index contributed by atoms with van der Waals surface area (Å²) in [6, 6.07) is 12.4. The summed E-state index contributed by atoms with van der Waals surface area (Å²) < 4.78 is 34.3. The van der Waals surface area contributed by atoms with E-state index in [1.165, 1.54) is 3.97 Å². The van der Waals surface area contributed by atoms with E-state index in [1.807, 2.05) is 18.3 Å². The highest BCUT2D eigenvalue weighted by Crippen LogP contribution is 2.32. The van der Waals surface area contributed by atoms with Crippen molar-refractivity contribution in [3.05, 3.63) is 71.5 Å². The zero-order chi connectivity index (χ0) is 21.3. The van der Waals surface area contributed by atoms with Gasteiger partial charge in [-0.25, -0.2) is 12.4 Å². The van der Waals surface area contributed by atoms with Gasteiger partial charge in [-0.2, -0.15) is 0 Å². The molecule has 158 valence electrons. The number of piperazine rings is 1. The number of nitrogens with zero attached hydrogens (tertiary/aromatic N) is 3. The van der Waals surface area contributed by atoms with Crippen LogP contribution in [-0.4, -0.2) is 55.5 Å². The molecule has 2 aromatic carbocycles. The van der Waals surface area contributed by atoms with Crippen molar-refractivity contribution in [1.29, 1.82) is 0 Å². The molecule has 1 aliphatic rings. The quantitative estimate of drug-likeness (QED) is 0.525. The van der Waals surface area contributed by atoms with Gasteiger partial charge in [0, 0.05) is 48.8 Å². The second-order valence-corrected chi connectivity index (χ2v) is 9.90. The van der Waals surface area contributed by atoms with Crippen molar-refractivity contribution in [3.63, 3.8) is 0 Å². The first-order valence-corrected chi connectivity index (χ1v) is 11.9. The minimum atomic E-state index is -3.76. The lowest BCUT2D eigenvalue weighted by atomic mass is 10.1. The first kappa shape index (κ1) is 21.0. The lowest BCUT2D eigenvalue weighted by molar-refractivity contribution is 0.163. The monoisotopic (exact) mass is 489 g/mol. The van der Waals surface area contributed by atoms with E-state index < -0.39 is 10.0 Å². The third kappa shape index (κ3) is 3.87. The van der Waals surface area contributed by atoms with Crippen molar-refractivity contribution in [1.82, 2.24) is 13.8 Å². The molecule has 1 aliphatic heterocycles. The highest BCUT2D eigenvalue weighted by Gasteiger charge is 2.25. The summed E-state index contributed by atoms with van der Waals surface area (Å²) >= 11 is 3.38. The predicted octanol–water partition coefficient (Wildman–Crippen LogP) is 3.91. The number of benzene rings is 2. The molecule has 1 saturated heterocycles. The van der Waals surface area contributed by atoms with Crippen LogP contribution in [0.15, 0.2) is 70.8 Å². The molecule has 4 rings (SSSR count). The Balaban J connectivity index is 1.78. The van der Waals surface area contributed by atoms with Crippen LogP contribution in [0.1, 0.15) is 5.56 Å². The molecule has 0 amide bonds. The summed E-state index contributed by atoms with van der Waals surface area (Å²) in [5.41, 5.74) is 1.61. The Morgan fingerprint density at radius 1 is 1.13 bits per heavy atom. The highest BCUT2D eigenvalue weighted by atomic mass is 79.9. The molecule has 0 saturated carbocycles. The molecule has 0 N–H and O–H groups in total. The van der Waals surface area contributed by atoms with Gasteiger partial charge < -0.3 is 9.64 Å². The number of fused-ring (bicyclic) bond motifs is 1. The summed E-state index contributed by atoms with van der Waals surface area (Å²) in [6.45, 7) is 8.15. The Labute approximate surface area is 185 Å². The van der Waals surface area contributed by atoms with Crippen LogP contribution in [0.2, 0.25) is 0 Å². The fraction of sp³-hybridized carbons (Fsp3) is 0.273. The molecule has 2 heterocycles. The standard InChI is InChI=1S/C22H24BrN3O3S/c1-3-24-10-12-25(13-11-24)15-17-16-26(21-9-8-18(29-2)14-19(17)21)30(27,28)22-7-5-4-6-20(22)23/h3-9,14,16H,1,10-13,15H2,2H3. The number of hydrogen-bond acceptors (Lipinski definition) is 5. The Bertz CT molecular complexity index is 1180. The molecule has 0 radical (unpaired) electrons. The van der Waals surface area contributed by atoms with Crippen LogP contribution in [0.5, 0.6) is 5.75 Å². The smallest absolute Gasteiger partial charge is 0.269 e. The van der Waals surface area contributed by atoms with Gasteiger partial charge in [-0.3, -0.25) is 4.90 Å². The molecule has 6 nitrogen and oxygen atoms in total. The highest BCUT2D eigenvalue weighted by molar-refractivity contribution is 9.10. The SMILES string of the molecule is C=CN1CCN(Cc2cn(S(=O)(=O)c3ccccc3Br)c3ccc(OC)cc23)CC1. The largest absolute Gasteiger partial charge is 0.497 e. The minimum Gasteiger partial charge on any atom is -0.497 e. The van der Waals surface area contributed by atoms with E-state index in [-0.39, 0.29) is 4.90 Å².